The Morgan fingerprint density at radius 2 is 2.06 bits per heavy atom. The van der Waals surface area contributed by atoms with E-state index in [0.717, 1.165) is 10.7 Å². The highest BCUT2D eigenvalue weighted by molar-refractivity contribution is 7.98. The van der Waals surface area contributed by atoms with E-state index in [1.54, 1.807) is 6.07 Å². The van der Waals surface area contributed by atoms with Crippen LogP contribution < -0.4 is 5.73 Å². The van der Waals surface area contributed by atoms with Crippen molar-refractivity contribution in [3.63, 3.8) is 0 Å². The van der Waals surface area contributed by atoms with E-state index in [-0.39, 0.29) is 0 Å². The molecular formula is C10H10Cl2N4S. The zero-order chi connectivity index (χ0) is 12.4. The molecule has 4 nitrogen and oxygen atoms in total. The van der Waals surface area contributed by atoms with Crippen molar-refractivity contribution in [1.82, 2.24) is 14.8 Å². The van der Waals surface area contributed by atoms with Crippen LogP contribution in [-0.4, -0.2) is 21.0 Å². The third-order valence-corrected chi connectivity index (χ3v) is 3.66. The SMILES string of the molecule is CSc1nnc(N)n1Cc1ccc(Cl)c(Cl)c1. The first kappa shape index (κ1) is 12.5. The summed E-state index contributed by atoms with van der Waals surface area (Å²) in [5, 5.41) is 9.64. The van der Waals surface area contributed by atoms with Crippen molar-refractivity contribution in [3.8, 4) is 0 Å². The largest absolute Gasteiger partial charge is 0.368 e. The molecule has 17 heavy (non-hydrogen) atoms. The van der Waals surface area contributed by atoms with Gasteiger partial charge in [0.25, 0.3) is 0 Å². The van der Waals surface area contributed by atoms with Gasteiger partial charge in [0.15, 0.2) is 5.16 Å². The number of hydrogen-bond acceptors (Lipinski definition) is 4. The van der Waals surface area contributed by atoms with E-state index in [1.165, 1.54) is 11.8 Å². The number of thioether (sulfide) groups is 1. The molecule has 0 aliphatic heterocycles. The monoisotopic (exact) mass is 288 g/mol. The summed E-state index contributed by atoms with van der Waals surface area (Å²) in [6, 6.07) is 5.48. The smallest absolute Gasteiger partial charge is 0.222 e. The van der Waals surface area contributed by atoms with Crippen LogP contribution in [0.1, 0.15) is 5.56 Å². The van der Waals surface area contributed by atoms with Gasteiger partial charge in [-0.1, -0.05) is 41.0 Å². The van der Waals surface area contributed by atoms with Crippen LogP contribution >= 0.6 is 35.0 Å². The molecule has 0 aliphatic rings. The van der Waals surface area contributed by atoms with Gasteiger partial charge in [-0.15, -0.1) is 10.2 Å². The fraction of sp³-hybridized carbons (Fsp3) is 0.200. The summed E-state index contributed by atoms with van der Waals surface area (Å²) in [7, 11) is 0. The van der Waals surface area contributed by atoms with Crippen LogP contribution in [0, 0.1) is 0 Å². The Labute approximate surface area is 113 Å². The molecule has 0 saturated heterocycles. The molecule has 7 heteroatoms. The van der Waals surface area contributed by atoms with Crippen molar-refractivity contribution in [2.75, 3.05) is 12.0 Å². The number of anilines is 1. The summed E-state index contributed by atoms with van der Waals surface area (Å²) in [5.74, 6) is 0.389. The summed E-state index contributed by atoms with van der Waals surface area (Å²) < 4.78 is 1.82. The summed E-state index contributed by atoms with van der Waals surface area (Å²) in [6.07, 6.45) is 1.93. The maximum absolute atomic E-state index is 5.96. The molecule has 0 radical (unpaired) electrons. The van der Waals surface area contributed by atoms with Crippen molar-refractivity contribution >= 4 is 40.9 Å². The summed E-state index contributed by atoms with van der Waals surface area (Å²) in [4.78, 5) is 0. The minimum Gasteiger partial charge on any atom is -0.368 e. The molecule has 0 unspecified atom stereocenters. The molecular weight excluding hydrogens is 279 g/mol. The summed E-state index contributed by atoms with van der Waals surface area (Å²) in [6.45, 7) is 0.575. The fourth-order valence-electron chi connectivity index (χ4n) is 1.42. The maximum Gasteiger partial charge on any atom is 0.222 e. The highest BCUT2D eigenvalue weighted by Crippen LogP contribution is 2.24. The third kappa shape index (κ3) is 2.68. The molecule has 2 N–H and O–H groups in total. The van der Waals surface area contributed by atoms with E-state index in [4.69, 9.17) is 28.9 Å². The van der Waals surface area contributed by atoms with Gasteiger partial charge in [0, 0.05) is 0 Å². The van der Waals surface area contributed by atoms with Crippen LogP contribution in [0.5, 0.6) is 0 Å². The van der Waals surface area contributed by atoms with Gasteiger partial charge in [-0.05, 0) is 24.0 Å². The first-order valence-electron chi connectivity index (χ1n) is 4.78. The molecule has 0 bridgehead atoms. The minimum absolute atomic E-state index is 0.389. The standard InChI is InChI=1S/C10H10Cl2N4S/c1-17-10-15-14-9(13)16(10)5-6-2-3-7(11)8(12)4-6/h2-4H,5H2,1H3,(H2,13,14). The molecule has 0 fully saturated rings. The molecule has 0 aliphatic carbocycles. The van der Waals surface area contributed by atoms with Gasteiger partial charge in [-0.2, -0.15) is 0 Å². The van der Waals surface area contributed by atoms with Crippen molar-refractivity contribution in [1.29, 1.82) is 0 Å². The van der Waals surface area contributed by atoms with Gasteiger partial charge >= 0.3 is 0 Å². The number of nitrogen functional groups attached to an aromatic ring is 1. The number of halogens is 2. The lowest BCUT2D eigenvalue weighted by atomic mass is 10.2. The van der Waals surface area contributed by atoms with Gasteiger partial charge < -0.3 is 5.73 Å². The average Bonchev–Trinajstić information content (AvgIpc) is 2.65. The predicted octanol–water partition coefficient (Wildman–Crippen LogP) is 2.94. The average molecular weight is 289 g/mol. The first-order valence-corrected chi connectivity index (χ1v) is 6.76. The van der Waals surface area contributed by atoms with Crippen LogP contribution in [0.3, 0.4) is 0 Å². The minimum atomic E-state index is 0.389. The lowest BCUT2D eigenvalue weighted by molar-refractivity contribution is 0.718. The molecule has 0 amide bonds. The molecule has 1 aromatic carbocycles. The Hall–Kier alpha value is -0.910. The van der Waals surface area contributed by atoms with Gasteiger partial charge in [-0.25, -0.2) is 0 Å². The van der Waals surface area contributed by atoms with Crippen LogP contribution in [0.4, 0.5) is 5.95 Å². The second-order valence-electron chi connectivity index (χ2n) is 3.38. The van der Waals surface area contributed by atoms with E-state index in [9.17, 15) is 0 Å². The van der Waals surface area contributed by atoms with E-state index in [1.807, 2.05) is 23.0 Å². The molecule has 2 rings (SSSR count). The Morgan fingerprint density at radius 1 is 1.29 bits per heavy atom. The zero-order valence-corrected chi connectivity index (χ0v) is 11.4. The van der Waals surface area contributed by atoms with E-state index < -0.39 is 0 Å². The van der Waals surface area contributed by atoms with E-state index in [2.05, 4.69) is 10.2 Å². The van der Waals surface area contributed by atoms with Crippen LogP contribution in [0.2, 0.25) is 10.0 Å². The highest BCUT2D eigenvalue weighted by atomic mass is 35.5. The summed E-state index contributed by atoms with van der Waals surface area (Å²) >= 11 is 13.3. The molecule has 0 saturated carbocycles. The third-order valence-electron chi connectivity index (χ3n) is 2.25. The number of rotatable bonds is 3. The van der Waals surface area contributed by atoms with Crippen LogP contribution in [0.25, 0.3) is 0 Å². The van der Waals surface area contributed by atoms with Gasteiger partial charge in [0.05, 0.1) is 16.6 Å². The lowest BCUT2D eigenvalue weighted by Gasteiger charge is -2.07. The number of aromatic nitrogens is 3. The fourth-order valence-corrected chi connectivity index (χ4v) is 2.24. The van der Waals surface area contributed by atoms with Gasteiger partial charge in [-0.3, -0.25) is 4.57 Å². The van der Waals surface area contributed by atoms with E-state index in [0.29, 0.717) is 22.5 Å². The Balaban J connectivity index is 2.31. The van der Waals surface area contributed by atoms with Crippen molar-refractivity contribution < 1.29 is 0 Å². The second-order valence-corrected chi connectivity index (χ2v) is 4.97. The number of hydrogen-bond donors (Lipinski definition) is 1. The van der Waals surface area contributed by atoms with Crippen molar-refractivity contribution in [3.05, 3.63) is 33.8 Å². The topological polar surface area (TPSA) is 56.7 Å². The lowest BCUT2D eigenvalue weighted by Crippen LogP contribution is -2.05. The Kier molecular flexibility index (Phi) is 3.81. The number of nitrogens with zero attached hydrogens (tertiary/aromatic N) is 3. The molecule has 0 spiro atoms. The molecule has 1 heterocycles. The van der Waals surface area contributed by atoms with E-state index >= 15 is 0 Å². The Bertz CT molecular complexity index is 541. The van der Waals surface area contributed by atoms with Crippen molar-refractivity contribution in [2.45, 2.75) is 11.7 Å². The van der Waals surface area contributed by atoms with Gasteiger partial charge in [0.1, 0.15) is 0 Å². The highest BCUT2D eigenvalue weighted by Gasteiger charge is 2.09. The van der Waals surface area contributed by atoms with Crippen molar-refractivity contribution in [2.24, 2.45) is 0 Å². The molecule has 90 valence electrons. The number of nitrogens with two attached hydrogens (primary N) is 1. The normalized spacial score (nSPS) is 10.8. The molecule has 2 aromatic rings. The molecule has 0 atom stereocenters. The van der Waals surface area contributed by atoms with Crippen LogP contribution in [0.15, 0.2) is 23.4 Å². The Morgan fingerprint density at radius 3 is 2.71 bits per heavy atom. The maximum atomic E-state index is 5.96. The first-order chi connectivity index (χ1) is 8.11. The molecule has 1 aromatic heterocycles. The van der Waals surface area contributed by atoms with Gasteiger partial charge in [0.2, 0.25) is 5.95 Å². The predicted molar refractivity (Wildman–Crippen MR) is 71.8 cm³/mol. The van der Waals surface area contributed by atoms with Crippen LogP contribution in [-0.2, 0) is 6.54 Å². The number of benzene rings is 1. The zero-order valence-electron chi connectivity index (χ0n) is 9.02. The quantitative estimate of drug-likeness (QED) is 0.883. The second kappa shape index (κ2) is 5.16. The summed E-state index contributed by atoms with van der Waals surface area (Å²) in [5.41, 5.74) is 6.75.